The fraction of sp³-hybridized carbons (Fsp3) is 0.429. The van der Waals surface area contributed by atoms with Crippen LogP contribution < -0.4 is 11.1 Å². The lowest BCUT2D eigenvalue weighted by molar-refractivity contribution is -0.142. The van der Waals surface area contributed by atoms with Crippen LogP contribution in [0.3, 0.4) is 0 Å². The lowest BCUT2D eigenvalue weighted by Gasteiger charge is -2.17. The monoisotopic (exact) mass is 280 g/mol. The lowest BCUT2D eigenvalue weighted by Crippen LogP contribution is -2.49. The highest BCUT2D eigenvalue weighted by atomic mass is 16.4. The molecule has 6 nitrogen and oxygen atoms in total. The van der Waals surface area contributed by atoms with Gasteiger partial charge < -0.3 is 21.3 Å². The molecule has 1 aromatic rings. The number of amides is 1. The minimum absolute atomic E-state index is 0.106. The quantitative estimate of drug-likeness (QED) is 0.585. The summed E-state index contributed by atoms with van der Waals surface area (Å²) in [6, 6.07) is 4.45. The number of nitrogens with two attached hydrogens (primary N) is 1. The molecule has 2 atom stereocenters. The Hall–Kier alpha value is -2.08. The van der Waals surface area contributed by atoms with E-state index in [1.807, 2.05) is 6.92 Å². The maximum Gasteiger partial charge on any atom is 0.326 e. The van der Waals surface area contributed by atoms with Crippen molar-refractivity contribution in [3.05, 3.63) is 29.8 Å². The number of carboxylic acid groups (broad SMARTS) is 1. The molecule has 20 heavy (non-hydrogen) atoms. The fourth-order valence-corrected chi connectivity index (χ4v) is 1.79. The summed E-state index contributed by atoms with van der Waals surface area (Å²) in [4.78, 5) is 22.9. The van der Waals surface area contributed by atoms with Crippen molar-refractivity contribution in [2.24, 2.45) is 5.73 Å². The summed E-state index contributed by atoms with van der Waals surface area (Å²) in [7, 11) is 0. The largest absolute Gasteiger partial charge is 0.508 e. The number of rotatable bonds is 7. The van der Waals surface area contributed by atoms with Crippen LogP contribution in [0.2, 0.25) is 0 Å². The maximum absolute atomic E-state index is 11.8. The van der Waals surface area contributed by atoms with Crippen LogP contribution in [0, 0.1) is 0 Å². The molecule has 0 aliphatic rings. The fourth-order valence-electron chi connectivity index (χ4n) is 1.79. The third-order valence-corrected chi connectivity index (χ3v) is 2.93. The highest BCUT2D eigenvalue weighted by Crippen LogP contribution is 2.11. The van der Waals surface area contributed by atoms with Crippen molar-refractivity contribution in [3.8, 4) is 5.75 Å². The first-order chi connectivity index (χ1) is 9.43. The van der Waals surface area contributed by atoms with Crippen LogP contribution in [0.15, 0.2) is 24.3 Å². The highest BCUT2D eigenvalue weighted by Gasteiger charge is 2.23. The van der Waals surface area contributed by atoms with Crippen molar-refractivity contribution in [1.29, 1.82) is 0 Å². The highest BCUT2D eigenvalue weighted by molar-refractivity contribution is 5.86. The molecule has 0 spiro atoms. The average molecular weight is 280 g/mol. The number of hydrogen-bond acceptors (Lipinski definition) is 4. The molecule has 0 aromatic heterocycles. The summed E-state index contributed by atoms with van der Waals surface area (Å²) in [5.74, 6) is -1.47. The van der Waals surface area contributed by atoms with Crippen LogP contribution in [-0.2, 0) is 16.0 Å². The van der Waals surface area contributed by atoms with E-state index in [9.17, 15) is 14.7 Å². The smallest absolute Gasteiger partial charge is 0.326 e. The van der Waals surface area contributed by atoms with Gasteiger partial charge in [-0.25, -0.2) is 4.79 Å². The Kier molecular flexibility index (Phi) is 5.99. The predicted molar refractivity (Wildman–Crippen MR) is 74.3 cm³/mol. The number of hydrogen-bond donors (Lipinski definition) is 4. The Labute approximate surface area is 117 Å². The number of phenolic OH excluding ortho intramolecular Hbond substituents is 1. The lowest BCUT2D eigenvalue weighted by atomic mass is 10.0. The summed E-state index contributed by atoms with van der Waals surface area (Å²) in [5.41, 5.74) is 6.36. The van der Waals surface area contributed by atoms with Crippen LogP contribution in [0.1, 0.15) is 25.3 Å². The third kappa shape index (κ3) is 4.89. The van der Waals surface area contributed by atoms with E-state index in [-0.39, 0.29) is 12.2 Å². The predicted octanol–water partition coefficient (Wildman–Crippen LogP) is 0.631. The molecule has 0 bridgehead atoms. The Balaban J connectivity index is 2.67. The molecule has 1 unspecified atom stereocenters. The first kappa shape index (κ1) is 16.0. The Morgan fingerprint density at radius 1 is 1.30 bits per heavy atom. The maximum atomic E-state index is 11.8. The summed E-state index contributed by atoms with van der Waals surface area (Å²) >= 11 is 0. The Bertz CT molecular complexity index is 459. The molecule has 110 valence electrons. The molecule has 1 rings (SSSR count). The summed E-state index contributed by atoms with van der Waals surface area (Å²) in [6.07, 6.45) is 1.40. The van der Waals surface area contributed by atoms with Gasteiger partial charge >= 0.3 is 5.97 Å². The van der Waals surface area contributed by atoms with Crippen LogP contribution in [0.25, 0.3) is 0 Å². The molecule has 6 heteroatoms. The molecular weight excluding hydrogens is 260 g/mol. The van der Waals surface area contributed by atoms with E-state index in [1.54, 1.807) is 12.1 Å². The van der Waals surface area contributed by atoms with Crippen LogP contribution in [0.5, 0.6) is 5.75 Å². The molecule has 1 amide bonds. The first-order valence-corrected chi connectivity index (χ1v) is 6.50. The van der Waals surface area contributed by atoms with Gasteiger partial charge in [0.25, 0.3) is 0 Å². The summed E-state index contributed by atoms with van der Waals surface area (Å²) in [5, 5.41) is 20.8. The number of carbonyl (C=O) groups excluding carboxylic acids is 1. The molecule has 0 aliphatic heterocycles. The van der Waals surface area contributed by atoms with Crippen molar-refractivity contribution in [2.45, 2.75) is 38.3 Å². The third-order valence-electron chi connectivity index (χ3n) is 2.93. The van der Waals surface area contributed by atoms with E-state index in [4.69, 9.17) is 10.8 Å². The van der Waals surface area contributed by atoms with E-state index in [0.717, 1.165) is 6.42 Å². The molecule has 0 aliphatic carbocycles. The van der Waals surface area contributed by atoms with Crippen LogP contribution in [0.4, 0.5) is 0 Å². The van der Waals surface area contributed by atoms with Crippen molar-refractivity contribution in [3.63, 3.8) is 0 Å². The van der Waals surface area contributed by atoms with Gasteiger partial charge in [-0.15, -0.1) is 0 Å². The van der Waals surface area contributed by atoms with Crippen molar-refractivity contribution >= 4 is 11.9 Å². The topological polar surface area (TPSA) is 113 Å². The number of benzene rings is 1. The van der Waals surface area contributed by atoms with E-state index in [1.165, 1.54) is 12.1 Å². The van der Waals surface area contributed by atoms with Gasteiger partial charge in [0.05, 0.1) is 6.04 Å². The van der Waals surface area contributed by atoms with Gasteiger partial charge in [0, 0.05) is 6.42 Å². The molecule has 1 aromatic carbocycles. The van der Waals surface area contributed by atoms with Gasteiger partial charge in [-0.3, -0.25) is 4.79 Å². The number of carbonyl (C=O) groups is 2. The Morgan fingerprint density at radius 3 is 2.40 bits per heavy atom. The zero-order chi connectivity index (χ0) is 15.1. The minimum atomic E-state index is -1.12. The van der Waals surface area contributed by atoms with Gasteiger partial charge in [0.2, 0.25) is 5.91 Å². The number of aromatic hydroxyl groups is 1. The molecule has 0 saturated heterocycles. The molecule has 5 N–H and O–H groups in total. The van der Waals surface area contributed by atoms with E-state index >= 15 is 0 Å². The normalized spacial score (nSPS) is 13.5. The molecule has 0 heterocycles. The molecule has 0 radical (unpaired) electrons. The van der Waals surface area contributed by atoms with E-state index in [0.29, 0.717) is 12.0 Å². The zero-order valence-corrected chi connectivity index (χ0v) is 11.4. The summed E-state index contributed by atoms with van der Waals surface area (Å²) in [6.45, 7) is 1.90. The first-order valence-electron chi connectivity index (χ1n) is 6.50. The molecule has 0 saturated carbocycles. The number of aliphatic carboxylic acids is 1. The van der Waals surface area contributed by atoms with Gasteiger partial charge in [0.1, 0.15) is 11.8 Å². The van der Waals surface area contributed by atoms with Crippen molar-refractivity contribution in [2.75, 3.05) is 0 Å². The van der Waals surface area contributed by atoms with Gasteiger partial charge in [0.15, 0.2) is 0 Å². The number of phenols is 1. The van der Waals surface area contributed by atoms with Crippen molar-refractivity contribution in [1.82, 2.24) is 5.32 Å². The van der Waals surface area contributed by atoms with Crippen molar-refractivity contribution < 1.29 is 19.8 Å². The van der Waals surface area contributed by atoms with E-state index in [2.05, 4.69) is 5.32 Å². The minimum Gasteiger partial charge on any atom is -0.508 e. The van der Waals surface area contributed by atoms with Gasteiger partial charge in [-0.2, -0.15) is 0 Å². The van der Waals surface area contributed by atoms with Crippen LogP contribution in [-0.4, -0.2) is 34.2 Å². The molecule has 0 fully saturated rings. The molecular formula is C14H20N2O4. The number of carboxylic acids is 1. The standard InChI is InChI=1S/C14H20N2O4/c1-2-3-11(15)13(18)16-12(14(19)20)8-9-4-6-10(17)7-5-9/h4-7,11-12,17H,2-3,8,15H2,1H3,(H,16,18)(H,19,20)/t11-,12?/m1/s1. The van der Waals surface area contributed by atoms with Crippen LogP contribution >= 0.6 is 0 Å². The second-order valence-corrected chi connectivity index (χ2v) is 4.67. The average Bonchev–Trinajstić information content (AvgIpc) is 2.40. The van der Waals surface area contributed by atoms with E-state index < -0.39 is 24.0 Å². The SMILES string of the molecule is CCC[C@@H](N)C(=O)NC(Cc1ccc(O)cc1)C(=O)O. The van der Waals surface area contributed by atoms with Gasteiger partial charge in [-0.05, 0) is 24.1 Å². The second kappa shape index (κ2) is 7.49. The number of nitrogens with one attached hydrogen (secondary N) is 1. The Morgan fingerprint density at radius 2 is 1.90 bits per heavy atom. The summed E-state index contributed by atoms with van der Waals surface area (Å²) < 4.78 is 0. The zero-order valence-electron chi connectivity index (χ0n) is 11.4. The van der Waals surface area contributed by atoms with Gasteiger partial charge in [-0.1, -0.05) is 25.5 Å². The second-order valence-electron chi connectivity index (χ2n) is 4.67.